The number of imide groups is 1. The number of nitrogens with one attached hydrogen (secondary N) is 2. The minimum Gasteiger partial charge on any atom is -0.493 e. The Morgan fingerprint density at radius 3 is 2.55 bits per heavy atom. The second-order valence-electron chi connectivity index (χ2n) is 4.01. The van der Waals surface area contributed by atoms with Gasteiger partial charge in [0.25, 0.3) is 0 Å². The van der Waals surface area contributed by atoms with E-state index in [4.69, 9.17) is 9.84 Å². The van der Waals surface area contributed by atoms with Crippen molar-refractivity contribution < 1.29 is 24.2 Å². The molecule has 7 nitrogen and oxygen atoms in total. The van der Waals surface area contributed by atoms with Crippen LogP contribution in [0.1, 0.15) is 22.3 Å². The minimum absolute atomic E-state index is 0.0214. The Morgan fingerprint density at radius 2 is 2.00 bits per heavy atom. The quantitative estimate of drug-likeness (QED) is 0.743. The molecular formula is C13H16N2O5. The molecule has 0 radical (unpaired) electrons. The highest BCUT2D eigenvalue weighted by Crippen LogP contribution is 2.19. The van der Waals surface area contributed by atoms with Crippen LogP contribution in [0.25, 0.3) is 0 Å². The molecule has 3 amide bonds. The molecule has 0 heterocycles. The Hall–Kier alpha value is -2.57. The summed E-state index contributed by atoms with van der Waals surface area (Å²) in [4.78, 5) is 32.9. The molecule has 0 aliphatic carbocycles. The molecule has 108 valence electrons. The third-order valence-electron chi connectivity index (χ3n) is 2.49. The number of carboxylic acids is 1. The van der Waals surface area contributed by atoms with Crippen LogP contribution in [-0.4, -0.2) is 36.7 Å². The lowest BCUT2D eigenvalue weighted by atomic mass is 10.1. The number of rotatable bonds is 5. The predicted octanol–water partition coefficient (Wildman–Crippen LogP) is 0.918. The maximum atomic E-state index is 11.3. The van der Waals surface area contributed by atoms with E-state index in [1.54, 1.807) is 6.92 Å². The molecule has 0 bridgehead atoms. The Kier molecular flexibility index (Phi) is 5.52. The molecule has 0 aliphatic rings. The van der Waals surface area contributed by atoms with Gasteiger partial charge in [0.05, 0.1) is 18.6 Å². The smallest absolute Gasteiger partial charge is 0.335 e. The summed E-state index contributed by atoms with van der Waals surface area (Å²) in [6.07, 6.45) is 0.0214. The first-order chi connectivity index (χ1) is 9.43. The summed E-state index contributed by atoms with van der Waals surface area (Å²) in [7, 11) is 1.41. The van der Waals surface area contributed by atoms with Gasteiger partial charge in [-0.1, -0.05) is 0 Å². The van der Waals surface area contributed by atoms with E-state index in [-0.39, 0.29) is 18.6 Å². The molecule has 1 aromatic rings. The second-order valence-corrected chi connectivity index (χ2v) is 4.01. The van der Waals surface area contributed by atoms with Gasteiger partial charge in [-0.2, -0.15) is 0 Å². The average Bonchev–Trinajstić information content (AvgIpc) is 2.40. The Balaban J connectivity index is 2.48. The van der Waals surface area contributed by atoms with Crippen molar-refractivity contribution in [3.05, 3.63) is 29.3 Å². The fourth-order valence-electron chi connectivity index (χ4n) is 1.45. The van der Waals surface area contributed by atoms with Gasteiger partial charge < -0.3 is 15.2 Å². The van der Waals surface area contributed by atoms with Gasteiger partial charge in [0, 0.05) is 7.05 Å². The van der Waals surface area contributed by atoms with Gasteiger partial charge in [0.15, 0.2) is 0 Å². The average molecular weight is 280 g/mol. The maximum Gasteiger partial charge on any atom is 0.335 e. The van der Waals surface area contributed by atoms with E-state index >= 15 is 0 Å². The standard InChI is InChI=1S/C13H16N2O5/c1-8-7-9(12(17)18)3-4-10(8)20-6-5-11(16)15-13(19)14-2/h3-4,7H,5-6H2,1-2H3,(H,17,18)(H2,14,15,16,19). The summed E-state index contributed by atoms with van der Waals surface area (Å²) >= 11 is 0. The summed E-state index contributed by atoms with van der Waals surface area (Å²) < 4.78 is 5.37. The van der Waals surface area contributed by atoms with Gasteiger partial charge in [-0.3, -0.25) is 10.1 Å². The van der Waals surface area contributed by atoms with Gasteiger partial charge in [0.2, 0.25) is 5.91 Å². The Labute approximate surface area is 115 Å². The highest BCUT2D eigenvalue weighted by molar-refractivity contribution is 5.94. The zero-order chi connectivity index (χ0) is 15.1. The van der Waals surface area contributed by atoms with Gasteiger partial charge in [-0.15, -0.1) is 0 Å². The molecule has 20 heavy (non-hydrogen) atoms. The van der Waals surface area contributed by atoms with E-state index in [2.05, 4.69) is 10.6 Å². The number of carboxylic acid groups (broad SMARTS) is 1. The number of urea groups is 1. The van der Waals surface area contributed by atoms with Crippen LogP contribution in [0.15, 0.2) is 18.2 Å². The summed E-state index contributed by atoms with van der Waals surface area (Å²) in [6, 6.07) is 3.88. The lowest BCUT2D eigenvalue weighted by molar-refractivity contribution is -0.120. The monoisotopic (exact) mass is 280 g/mol. The van der Waals surface area contributed by atoms with Crippen LogP contribution in [0.2, 0.25) is 0 Å². The van der Waals surface area contributed by atoms with E-state index in [1.807, 2.05) is 0 Å². The van der Waals surface area contributed by atoms with Crippen molar-refractivity contribution in [2.45, 2.75) is 13.3 Å². The third kappa shape index (κ3) is 4.60. The summed E-state index contributed by atoms with van der Waals surface area (Å²) in [6.45, 7) is 1.81. The van der Waals surface area contributed by atoms with Crippen LogP contribution in [0.4, 0.5) is 4.79 Å². The Morgan fingerprint density at radius 1 is 1.30 bits per heavy atom. The number of carbonyl (C=O) groups excluding carboxylic acids is 2. The van der Waals surface area contributed by atoms with Gasteiger partial charge in [-0.05, 0) is 30.7 Å². The fourth-order valence-corrected chi connectivity index (χ4v) is 1.45. The number of benzene rings is 1. The number of carbonyl (C=O) groups is 3. The maximum absolute atomic E-state index is 11.3. The first-order valence-corrected chi connectivity index (χ1v) is 5.92. The second kappa shape index (κ2) is 7.13. The highest BCUT2D eigenvalue weighted by Gasteiger charge is 2.08. The summed E-state index contributed by atoms with van der Waals surface area (Å²) in [5.41, 5.74) is 0.837. The number of aromatic carboxylic acids is 1. The topological polar surface area (TPSA) is 105 Å². The molecule has 0 unspecified atom stereocenters. The Bertz CT molecular complexity index is 527. The van der Waals surface area contributed by atoms with Crippen molar-refractivity contribution in [3.63, 3.8) is 0 Å². The van der Waals surface area contributed by atoms with E-state index < -0.39 is 17.9 Å². The van der Waals surface area contributed by atoms with Crippen LogP contribution in [0.5, 0.6) is 5.75 Å². The van der Waals surface area contributed by atoms with Crippen LogP contribution < -0.4 is 15.4 Å². The van der Waals surface area contributed by atoms with Crippen molar-refractivity contribution >= 4 is 17.9 Å². The highest BCUT2D eigenvalue weighted by atomic mass is 16.5. The minimum atomic E-state index is -1.01. The molecule has 3 N–H and O–H groups in total. The first-order valence-electron chi connectivity index (χ1n) is 5.92. The van der Waals surface area contributed by atoms with Crippen LogP contribution in [0, 0.1) is 6.92 Å². The zero-order valence-corrected chi connectivity index (χ0v) is 11.2. The van der Waals surface area contributed by atoms with Crippen LogP contribution in [-0.2, 0) is 4.79 Å². The largest absolute Gasteiger partial charge is 0.493 e. The van der Waals surface area contributed by atoms with Crippen LogP contribution in [0.3, 0.4) is 0 Å². The molecule has 0 saturated carbocycles. The molecule has 1 aromatic carbocycles. The normalized spacial score (nSPS) is 9.70. The molecule has 7 heteroatoms. The van der Waals surface area contributed by atoms with Crippen LogP contribution >= 0.6 is 0 Å². The van der Waals surface area contributed by atoms with E-state index in [9.17, 15) is 14.4 Å². The van der Waals surface area contributed by atoms with Gasteiger partial charge in [0.1, 0.15) is 5.75 Å². The number of aryl methyl sites for hydroxylation is 1. The fraction of sp³-hybridized carbons (Fsp3) is 0.308. The van der Waals surface area contributed by atoms with Gasteiger partial charge in [-0.25, -0.2) is 9.59 Å². The molecule has 0 saturated heterocycles. The molecule has 1 rings (SSSR count). The molecule has 0 aliphatic heterocycles. The van der Waals surface area contributed by atoms with E-state index in [0.717, 1.165) is 0 Å². The molecule has 0 spiro atoms. The number of hydrogen-bond acceptors (Lipinski definition) is 4. The number of amides is 3. The predicted molar refractivity (Wildman–Crippen MR) is 70.8 cm³/mol. The number of hydrogen-bond donors (Lipinski definition) is 3. The van der Waals surface area contributed by atoms with Crippen molar-refractivity contribution in [2.75, 3.05) is 13.7 Å². The van der Waals surface area contributed by atoms with E-state index in [0.29, 0.717) is 11.3 Å². The third-order valence-corrected chi connectivity index (χ3v) is 2.49. The zero-order valence-electron chi connectivity index (χ0n) is 11.2. The van der Waals surface area contributed by atoms with Crippen molar-refractivity contribution in [1.29, 1.82) is 0 Å². The van der Waals surface area contributed by atoms with Crippen molar-refractivity contribution in [2.24, 2.45) is 0 Å². The van der Waals surface area contributed by atoms with E-state index in [1.165, 1.54) is 25.2 Å². The SMILES string of the molecule is CNC(=O)NC(=O)CCOc1ccc(C(=O)O)cc1C. The molecule has 0 aromatic heterocycles. The lowest BCUT2D eigenvalue weighted by Gasteiger charge is -2.09. The number of ether oxygens (including phenoxy) is 1. The summed E-state index contributed by atoms with van der Waals surface area (Å²) in [5, 5.41) is 13.2. The first kappa shape index (κ1) is 15.5. The van der Waals surface area contributed by atoms with Crippen molar-refractivity contribution in [3.8, 4) is 5.75 Å². The molecule has 0 fully saturated rings. The van der Waals surface area contributed by atoms with Crippen molar-refractivity contribution in [1.82, 2.24) is 10.6 Å². The van der Waals surface area contributed by atoms with Gasteiger partial charge >= 0.3 is 12.0 Å². The lowest BCUT2D eigenvalue weighted by Crippen LogP contribution is -2.37. The molecule has 0 atom stereocenters. The summed E-state index contributed by atoms with van der Waals surface area (Å²) in [5.74, 6) is -0.962. The molecular weight excluding hydrogens is 264 g/mol.